The average molecular weight is 267 g/mol. The molecule has 100 valence electrons. The van der Waals surface area contributed by atoms with Crippen molar-refractivity contribution in [1.29, 1.82) is 0 Å². The first-order valence-corrected chi connectivity index (χ1v) is 9.21. The number of carbonyl (C=O) groups excluding carboxylic acids is 2. The van der Waals surface area contributed by atoms with Crippen LogP contribution in [0.2, 0.25) is 18.6 Å². The van der Waals surface area contributed by atoms with E-state index in [2.05, 4.69) is 26.9 Å². The SMILES string of the molecule is CCC(C)[Si](C)(C)OC1=CC=CN(C(=O)C=O)C1. The summed E-state index contributed by atoms with van der Waals surface area (Å²) in [5, 5.41) is 0. The van der Waals surface area contributed by atoms with Crippen molar-refractivity contribution in [3.8, 4) is 0 Å². The molecule has 0 spiro atoms. The van der Waals surface area contributed by atoms with E-state index in [1.165, 1.54) is 4.90 Å². The van der Waals surface area contributed by atoms with Gasteiger partial charge >= 0.3 is 0 Å². The highest BCUT2D eigenvalue weighted by molar-refractivity contribution is 6.72. The van der Waals surface area contributed by atoms with Crippen molar-refractivity contribution in [2.45, 2.75) is 38.9 Å². The largest absolute Gasteiger partial charge is 0.545 e. The summed E-state index contributed by atoms with van der Waals surface area (Å²) in [7, 11) is -1.80. The first kappa shape index (κ1) is 14.7. The zero-order chi connectivity index (χ0) is 13.8. The van der Waals surface area contributed by atoms with Gasteiger partial charge in [-0.05, 0) is 30.8 Å². The van der Waals surface area contributed by atoms with E-state index in [1.807, 2.05) is 6.08 Å². The summed E-state index contributed by atoms with van der Waals surface area (Å²) in [4.78, 5) is 23.1. The van der Waals surface area contributed by atoms with Gasteiger partial charge in [0.15, 0.2) is 0 Å². The van der Waals surface area contributed by atoms with Gasteiger partial charge in [0, 0.05) is 6.20 Å². The molecular formula is C13H21NO3Si. The number of carbonyl (C=O) groups is 2. The van der Waals surface area contributed by atoms with Crippen LogP contribution < -0.4 is 0 Å². The summed E-state index contributed by atoms with van der Waals surface area (Å²) < 4.78 is 6.10. The van der Waals surface area contributed by atoms with E-state index in [0.29, 0.717) is 18.4 Å². The third-order valence-corrected chi connectivity index (χ3v) is 7.02. The highest BCUT2D eigenvalue weighted by atomic mass is 28.4. The van der Waals surface area contributed by atoms with Gasteiger partial charge in [-0.25, -0.2) is 0 Å². The maximum atomic E-state index is 11.3. The van der Waals surface area contributed by atoms with Crippen LogP contribution in [0.1, 0.15) is 20.3 Å². The lowest BCUT2D eigenvalue weighted by molar-refractivity contribution is -0.136. The van der Waals surface area contributed by atoms with Crippen molar-refractivity contribution in [3.05, 3.63) is 24.1 Å². The van der Waals surface area contributed by atoms with Crippen LogP contribution in [0.4, 0.5) is 0 Å². The first-order chi connectivity index (χ1) is 8.40. The Morgan fingerprint density at radius 1 is 1.61 bits per heavy atom. The standard InChI is InChI=1S/C13H21NO3Si/c1-5-11(2)18(3,4)17-12-7-6-8-14(9-12)13(16)10-15/h6-8,10-11H,5,9H2,1-4H3. The summed E-state index contributed by atoms with van der Waals surface area (Å²) in [5.74, 6) is 0.230. The van der Waals surface area contributed by atoms with Crippen molar-refractivity contribution in [2.75, 3.05) is 6.54 Å². The molecule has 4 nitrogen and oxygen atoms in total. The highest BCUT2D eigenvalue weighted by Gasteiger charge is 2.32. The molecule has 0 N–H and O–H groups in total. The molecule has 0 saturated carbocycles. The maximum Gasteiger partial charge on any atom is 0.291 e. The van der Waals surface area contributed by atoms with Crippen LogP contribution in [0.5, 0.6) is 0 Å². The summed E-state index contributed by atoms with van der Waals surface area (Å²) in [5.41, 5.74) is 0.541. The van der Waals surface area contributed by atoms with Gasteiger partial charge in [-0.2, -0.15) is 0 Å². The molecule has 1 aliphatic rings. The number of hydrogen-bond donors (Lipinski definition) is 0. The first-order valence-electron chi connectivity index (χ1n) is 6.23. The van der Waals surface area contributed by atoms with E-state index >= 15 is 0 Å². The Labute approximate surface area is 109 Å². The Balaban J connectivity index is 2.69. The number of rotatable bonds is 5. The number of amides is 1. The molecule has 0 aliphatic carbocycles. The maximum absolute atomic E-state index is 11.3. The van der Waals surface area contributed by atoms with Gasteiger partial charge in [0.1, 0.15) is 0 Å². The normalized spacial score (nSPS) is 17.1. The Kier molecular flexibility index (Phi) is 4.90. The van der Waals surface area contributed by atoms with E-state index < -0.39 is 14.2 Å². The quantitative estimate of drug-likeness (QED) is 0.437. The van der Waals surface area contributed by atoms with Crippen LogP contribution in [0.15, 0.2) is 24.1 Å². The molecule has 0 aromatic rings. The lowest BCUT2D eigenvalue weighted by Gasteiger charge is -2.33. The molecular weight excluding hydrogens is 246 g/mol. The zero-order valence-corrected chi connectivity index (χ0v) is 12.5. The average Bonchev–Trinajstić information content (AvgIpc) is 2.36. The summed E-state index contributed by atoms with van der Waals surface area (Å²) in [6, 6.07) is 0. The fraction of sp³-hybridized carbons (Fsp3) is 0.538. The molecule has 1 heterocycles. The predicted octanol–water partition coefficient (Wildman–Crippen LogP) is 2.45. The van der Waals surface area contributed by atoms with Gasteiger partial charge in [0.2, 0.25) is 14.6 Å². The van der Waals surface area contributed by atoms with Gasteiger partial charge in [-0.1, -0.05) is 20.3 Å². The van der Waals surface area contributed by atoms with E-state index in [4.69, 9.17) is 4.43 Å². The Morgan fingerprint density at radius 3 is 2.83 bits per heavy atom. The van der Waals surface area contributed by atoms with Crippen LogP contribution in [-0.4, -0.2) is 32.0 Å². The number of hydrogen-bond acceptors (Lipinski definition) is 3. The Hall–Kier alpha value is -1.36. The number of nitrogens with zero attached hydrogens (tertiary/aromatic N) is 1. The second-order valence-corrected chi connectivity index (χ2v) is 9.47. The minimum atomic E-state index is -1.80. The Bertz CT molecular complexity index is 388. The molecule has 1 amide bonds. The molecule has 0 saturated heterocycles. The summed E-state index contributed by atoms with van der Waals surface area (Å²) in [6.07, 6.45) is 6.61. The van der Waals surface area contributed by atoms with E-state index in [1.54, 1.807) is 12.3 Å². The zero-order valence-electron chi connectivity index (χ0n) is 11.5. The van der Waals surface area contributed by atoms with Gasteiger partial charge in [-0.3, -0.25) is 9.59 Å². The summed E-state index contributed by atoms with van der Waals surface area (Å²) >= 11 is 0. The molecule has 0 bridgehead atoms. The minimum absolute atomic E-state index is 0.324. The van der Waals surface area contributed by atoms with E-state index in [9.17, 15) is 9.59 Å². The summed E-state index contributed by atoms with van der Waals surface area (Å²) in [6.45, 7) is 9.04. The molecule has 18 heavy (non-hydrogen) atoms. The highest BCUT2D eigenvalue weighted by Crippen LogP contribution is 2.28. The Morgan fingerprint density at radius 2 is 2.28 bits per heavy atom. The third kappa shape index (κ3) is 3.56. The fourth-order valence-electron chi connectivity index (χ4n) is 1.74. The van der Waals surface area contributed by atoms with Gasteiger partial charge in [0.25, 0.3) is 5.91 Å². The van der Waals surface area contributed by atoms with Crippen molar-refractivity contribution >= 4 is 20.5 Å². The molecule has 0 aromatic heterocycles. The second kappa shape index (κ2) is 6.00. The molecule has 1 aliphatic heterocycles. The third-order valence-electron chi connectivity index (χ3n) is 3.45. The molecule has 0 radical (unpaired) electrons. The van der Waals surface area contributed by atoms with Gasteiger partial charge in [-0.15, -0.1) is 0 Å². The van der Waals surface area contributed by atoms with Crippen molar-refractivity contribution in [1.82, 2.24) is 4.90 Å². The second-order valence-electron chi connectivity index (χ2n) is 5.07. The van der Waals surface area contributed by atoms with E-state index in [-0.39, 0.29) is 0 Å². The van der Waals surface area contributed by atoms with Crippen LogP contribution in [0.3, 0.4) is 0 Å². The topological polar surface area (TPSA) is 46.6 Å². The van der Waals surface area contributed by atoms with Crippen molar-refractivity contribution in [3.63, 3.8) is 0 Å². The monoisotopic (exact) mass is 267 g/mol. The van der Waals surface area contributed by atoms with Gasteiger partial charge < -0.3 is 9.33 Å². The molecule has 5 heteroatoms. The lowest BCUT2D eigenvalue weighted by Crippen LogP contribution is -2.38. The fourth-order valence-corrected chi connectivity index (χ4v) is 3.74. The predicted molar refractivity (Wildman–Crippen MR) is 73.3 cm³/mol. The minimum Gasteiger partial charge on any atom is -0.545 e. The molecule has 1 atom stereocenters. The van der Waals surface area contributed by atoms with Crippen molar-refractivity contribution < 1.29 is 14.0 Å². The van der Waals surface area contributed by atoms with Gasteiger partial charge in [0.05, 0.1) is 12.3 Å². The van der Waals surface area contributed by atoms with Crippen molar-refractivity contribution in [2.24, 2.45) is 0 Å². The van der Waals surface area contributed by atoms with Crippen LogP contribution in [0.25, 0.3) is 0 Å². The lowest BCUT2D eigenvalue weighted by atomic mass is 10.3. The molecule has 0 aromatic carbocycles. The van der Waals surface area contributed by atoms with Crippen LogP contribution in [-0.2, 0) is 14.0 Å². The number of allylic oxidation sites excluding steroid dienone is 2. The van der Waals surface area contributed by atoms with Crippen LogP contribution >= 0.6 is 0 Å². The molecule has 0 fully saturated rings. The number of aldehydes is 1. The molecule has 1 unspecified atom stereocenters. The van der Waals surface area contributed by atoms with Crippen LogP contribution in [0, 0.1) is 0 Å². The molecule has 1 rings (SSSR count). The smallest absolute Gasteiger partial charge is 0.291 e. The van der Waals surface area contributed by atoms with E-state index in [0.717, 1.165) is 12.2 Å².